The van der Waals surface area contributed by atoms with Crippen LogP contribution in [0.5, 0.6) is 0 Å². The highest BCUT2D eigenvalue weighted by Crippen LogP contribution is 2.19. The smallest absolute Gasteiger partial charge is 0.136 e. The van der Waals surface area contributed by atoms with Crippen LogP contribution in [0.2, 0.25) is 0 Å². The Morgan fingerprint density at radius 3 is 2.74 bits per heavy atom. The van der Waals surface area contributed by atoms with Gasteiger partial charge in [-0.1, -0.05) is 19.9 Å². The summed E-state index contributed by atoms with van der Waals surface area (Å²) in [4.78, 5) is 10.7. The van der Waals surface area contributed by atoms with Crippen molar-refractivity contribution in [1.29, 1.82) is 0 Å². The lowest BCUT2D eigenvalue weighted by atomic mass is 10.2. The molecule has 0 aliphatic carbocycles. The molecule has 3 nitrogen and oxygen atoms in total. The Balaban J connectivity index is 2.27. The van der Waals surface area contributed by atoms with Crippen LogP contribution in [-0.4, -0.2) is 16.5 Å². The lowest BCUT2D eigenvalue weighted by Gasteiger charge is -2.12. The molecule has 2 rings (SSSR count). The van der Waals surface area contributed by atoms with Gasteiger partial charge in [-0.25, -0.2) is 9.97 Å². The van der Waals surface area contributed by atoms with Crippen molar-refractivity contribution in [2.75, 3.05) is 11.9 Å². The third kappa shape index (κ3) is 3.53. The van der Waals surface area contributed by atoms with Crippen molar-refractivity contribution in [1.82, 2.24) is 9.97 Å². The molecule has 0 fully saturated rings. The van der Waals surface area contributed by atoms with Crippen LogP contribution in [0.1, 0.15) is 42.2 Å². The summed E-state index contributed by atoms with van der Waals surface area (Å²) in [6, 6.07) is 4.21. The minimum atomic E-state index is 0.825. The Morgan fingerprint density at radius 2 is 2.11 bits per heavy atom. The van der Waals surface area contributed by atoms with Gasteiger partial charge in [0.05, 0.1) is 0 Å². The highest BCUT2D eigenvalue weighted by atomic mass is 32.1. The van der Waals surface area contributed by atoms with Gasteiger partial charge in [-0.15, -0.1) is 11.3 Å². The summed E-state index contributed by atoms with van der Waals surface area (Å²) in [5.74, 6) is 1.92. The molecule has 1 N–H and O–H groups in total. The second kappa shape index (κ2) is 6.66. The van der Waals surface area contributed by atoms with Gasteiger partial charge < -0.3 is 5.32 Å². The molecule has 0 saturated heterocycles. The number of nitrogens with zero attached hydrogens (tertiary/aromatic N) is 2. The van der Waals surface area contributed by atoms with Gasteiger partial charge in [0, 0.05) is 29.1 Å². The van der Waals surface area contributed by atoms with Crippen molar-refractivity contribution < 1.29 is 0 Å². The third-order valence-corrected chi connectivity index (χ3v) is 3.96. The number of aryl methyl sites for hydroxylation is 1. The molecule has 0 spiro atoms. The Labute approximate surface area is 119 Å². The predicted molar refractivity (Wildman–Crippen MR) is 82.1 cm³/mol. The van der Waals surface area contributed by atoms with E-state index in [1.54, 1.807) is 11.3 Å². The minimum absolute atomic E-state index is 0.825. The van der Waals surface area contributed by atoms with Gasteiger partial charge in [0.2, 0.25) is 0 Å². The van der Waals surface area contributed by atoms with Crippen LogP contribution < -0.4 is 5.32 Å². The summed E-state index contributed by atoms with van der Waals surface area (Å²) in [7, 11) is 0. The summed E-state index contributed by atoms with van der Waals surface area (Å²) in [6.45, 7) is 7.37. The van der Waals surface area contributed by atoms with E-state index >= 15 is 0 Å². The number of hydrogen-bond acceptors (Lipinski definition) is 4. The first-order valence-corrected chi connectivity index (χ1v) is 7.75. The lowest BCUT2D eigenvalue weighted by Crippen LogP contribution is -2.10. The van der Waals surface area contributed by atoms with Crippen LogP contribution in [0.25, 0.3) is 0 Å². The molecule has 2 aromatic heterocycles. The van der Waals surface area contributed by atoms with Gasteiger partial charge in [0.15, 0.2) is 0 Å². The first kappa shape index (κ1) is 14.0. The topological polar surface area (TPSA) is 37.8 Å². The maximum absolute atomic E-state index is 4.69. The predicted octanol–water partition coefficient (Wildman–Crippen LogP) is 3.82. The van der Waals surface area contributed by atoms with E-state index in [0.29, 0.717) is 0 Å². The van der Waals surface area contributed by atoms with Crippen LogP contribution in [0.15, 0.2) is 17.5 Å². The van der Waals surface area contributed by atoms with Crippen molar-refractivity contribution in [2.24, 2.45) is 0 Å². The molecule has 19 heavy (non-hydrogen) atoms. The van der Waals surface area contributed by atoms with Crippen molar-refractivity contribution in [3.63, 3.8) is 0 Å². The van der Waals surface area contributed by atoms with Crippen LogP contribution in [0, 0.1) is 6.92 Å². The molecule has 0 aliphatic rings. The molecule has 0 bridgehead atoms. The molecular formula is C15H21N3S. The highest BCUT2D eigenvalue weighted by molar-refractivity contribution is 7.09. The third-order valence-electron chi connectivity index (χ3n) is 3.08. The summed E-state index contributed by atoms with van der Waals surface area (Å²) in [5.41, 5.74) is 2.34. The summed E-state index contributed by atoms with van der Waals surface area (Å²) in [5, 5.41) is 5.51. The van der Waals surface area contributed by atoms with E-state index in [9.17, 15) is 0 Å². The Hall–Kier alpha value is -1.42. The fraction of sp³-hybridized carbons (Fsp3) is 0.467. The zero-order valence-corrected chi connectivity index (χ0v) is 12.7. The van der Waals surface area contributed by atoms with Gasteiger partial charge in [0.1, 0.15) is 11.6 Å². The molecule has 0 atom stereocenters. The second-order valence-corrected chi connectivity index (χ2v) is 5.63. The maximum Gasteiger partial charge on any atom is 0.136 e. The molecule has 2 heterocycles. The van der Waals surface area contributed by atoms with E-state index in [4.69, 9.17) is 0 Å². The van der Waals surface area contributed by atoms with Gasteiger partial charge in [-0.3, -0.25) is 0 Å². The fourth-order valence-corrected chi connectivity index (χ4v) is 2.72. The van der Waals surface area contributed by atoms with Gasteiger partial charge in [0.25, 0.3) is 0 Å². The zero-order chi connectivity index (χ0) is 13.7. The van der Waals surface area contributed by atoms with E-state index in [1.807, 2.05) is 0 Å². The average molecular weight is 275 g/mol. The number of rotatable bonds is 6. The van der Waals surface area contributed by atoms with Gasteiger partial charge >= 0.3 is 0 Å². The summed E-state index contributed by atoms with van der Waals surface area (Å²) < 4.78 is 0. The van der Waals surface area contributed by atoms with E-state index in [1.165, 1.54) is 10.4 Å². The van der Waals surface area contributed by atoms with Crippen molar-refractivity contribution in [3.8, 4) is 0 Å². The van der Waals surface area contributed by atoms with Crippen LogP contribution in [-0.2, 0) is 12.8 Å². The molecule has 0 unspecified atom stereocenters. The molecule has 0 radical (unpaired) electrons. The van der Waals surface area contributed by atoms with E-state index in [2.05, 4.69) is 53.6 Å². The van der Waals surface area contributed by atoms with Crippen LogP contribution in [0.3, 0.4) is 0 Å². The summed E-state index contributed by atoms with van der Waals surface area (Å²) in [6.07, 6.45) is 2.88. The number of anilines is 1. The lowest BCUT2D eigenvalue weighted by molar-refractivity contribution is 0.881. The summed E-state index contributed by atoms with van der Waals surface area (Å²) >= 11 is 1.76. The fourth-order valence-electron chi connectivity index (χ4n) is 2.02. The van der Waals surface area contributed by atoms with Crippen molar-refractivity contribution in [3.05, 3.63) is 39.5 Å². The van der Waals surface area contributed by atoms with Crippen LogP contribution in [0.4, 0.5) is 5.82 Å². The normalized spacial score (nSPS) is 10.7. The Kier molecular flexibility index (Phi) is 4.91. The molecular weight excluding hydrogens is 254 g/mol. The standard InChI is InChI=1S/C15H21N3S/c1-4-8-16-15-11(3)13(5-2)17-14(18-15)10-12-7-6-9-19-12/h6-7,9H,4-5,8,10H2,1-3H3,(H,16,17,18). The number of hydrogen-bond donors (Lipinski definition) is 1. The highest BCUT2D eigenvalue weighted by Gasteiger charge is 2.10. The van der Waals surface area contributed by atoms with Crippen LogP contribution >= 0.6 is 11.3 Å². The first-order chi connectivity index (χ1) is 9.24. The molecule has 0 aliphatic heterocycles. The van der Waals surface area contributed by atoms with Gasteiger partial charge in [-0.2, -0.15) is 0 Å². The van der Waals surface area contributed by atoms with E-state index in [-0.39, 0.29) is 0 Å². The largest absolute Gasteiger partial charge is 0.370 e. The molecule has 0 aromatic carbocycles. The number of thiophene rings is 1. The first-order valence-electron chi connectivity index (χ1n) is 6.87. The number of nitrogens with one attached hydrogen (secondary N) is 1. The maximum atomic E-state index is 4.69. The quantitative estimate of drug-likeness (QED) is 0.871. The average Bonchev–Trinajstić information content (AvgIpc) is 2.91. The van der Waals surface area contributed by atoms with Crippen molar-refractivity contribution >= 4 is 17.2 Å². The SMILES string of the molecule is CCCNc1nc(Cc2cccs2)nc(CC)c1C. The molecule has 102 valence electrons. The van der Waals surface area contributed by atoms with E-state index in [0.717, 1.165) is 43.1 Å². The Morgan fingerprint density at radius 1 is 1.26 bits per heavy atom. The second-order valence-electron chi connectivity index (χ2n) is 4.60. The molecule has 4 heteroatoms. The minimum Gasteiger partial charge on any atom is -0.370 e. The Bertz CT molecular complexity index is 520. The van der Waals surface area contributed by atoms with E-state index < -0.39 is 0 Å². The molecule has 2 aromatic rings. The van der Waals surface area contributed by atoms with Gasteiger partial charge in [-0.05, 0) is 31.2 Å². The zero-order valence-electron chi connectivity index (χ0n) is 11.9. The van der Waals surface area contributed by atoms with Crippen molar-refractivity contribution in [2.45, 2.75) is 40.0 Å². The molecule has 0 amide bonds. The molecule has 0 saturated carbocycles. The monoisotopic (exact) mass is 275 g/mol. The number of aromatic nitrogens is 2.